The number of aryl methyl sites for hydroxylation is 1. The molecular weight excluding hydrogens is 346 g/mol. The number of nitrogens with zero attached hydrogens (tertiary/aromatic N) is 2. The van der Waals surface area contributed by atoms with E-state index in [1.165, 1.54) is 36.2 Å². The molecule has 0 radical (unpaired) electrons. The average Bonchev–Trinajstić information content (AvgIpc) is 2.67. The molecule has 0 spiro atoms. The van der Waals surface area contributed by atoms with Crippen LogP contribution in [0, 0.1) is 18.3 Å². The quantitative estimate of drug-likeness (QED) is 0.791. The van der Waals surface area contributed by atoms with Gasteiger partial charge in [0.05, 0.1) is 23.7 Å². The zero-order valence-corrected chi connectivity index (χ0v) is 15.1. The van der Waals surface area contributed by atoms with Gasteiger partial charge in [0.1, 0.15) is 0 Å². The molecule has 0 saturated heterocycles. The minimum atomic E-state index is -0.676. The Kier molecular flexibility index (Phi) is 6.67. The highest BCUT2D eigenvalue weighted by Gasteiger charge is 2.16. The molecular formula is C20H19N3O4. The van der Waals surface area contributed by atoms with Crippen LogP contribution in [-0.2, 0) is 14.3 Å². The molecule has 0 aliphatic heterocycles. The Morgan fingerprint density at radius 3 is 2.30 bits per heavy atom. The molecule has 1 N–H and O–H groups in total. The van der Waals surface area contributed by atoms with Crippen molar-refractivity contribution in [3.05, 3.63) is 65.2 Å². The molecule has 138 valence electrons. The van der Waals surface area contributed by atoms with E-state index < -0.39 is 18.5 Å². The number of carbonyl (C=O) groups is 3. The van der Waals surface area contributed by atoms with Crippen LogP contribution in [0.25, 0.3) is 0 Å². The number of nitrogens with one attached hydrogen (secondary N) is 1. The van der Waals surface area contributed by atoms with Crippen molar-refractivity contribution in [3.8, 4) is 6.07 Å². The van der Waals surface area contributed by atoms with Crippen LogP contribution >= 0.6 is 0 Å². The van der Waals surface area contributed by atoms with Crippen molar-refractivity contribution in [2.75, 3.05) is 25.5 Å². The van der Waals surface area contributed by atoms with Crippen LogP contribution in [-0.4, -0.2) is 42.9 Å². The summed E-state index contributed by atoms with van der Waals surface area (Å²) in [6.45, 7) is 1.30. The minimum absolute atomic E-state index is 0.166. The smallest absolute Gasteiger partial charge is 0.338 e. The minimum Gasteiger partial charge on any atom is -0.452 e. The van der Waals surface area contributed by atoms with Gasteiger partial charge in [-0.05, 0) is 43.3 Å². The molecule has 7 heteroatoms. The molecule has 0 aromatic heterocycles. The molecule has 2 aromatic carbocycles. The van der Waals surface area contributed by atoms with Crippen molar-refractivity contribution >= 4 is 23.5 Å². The maximum absolute atomic E-state index is 12.0. The Balaban J connectivity index is 1.80. The van der Waals surface area contributed by atoms with E-state index in [9.17, 15) is 14.4 Å². The summed E-state index contributed by atoms with van der Waals surface area (Å²) < 4.78 is 4.95. The molecule has 0 atom stereocenters. The van der Waals surface area contributed by atoms with Gasteiger partial charge >= 0.3 is 5.97 Å². The molecule has 27 heavy (non-hydrogen) atoms. The largest absolute Gasteiger partial charge is 0.452 e. The third-order valence-corrected chi connectivity index (χ3v) is 3.72. The molecule has 0 bridgehead atoms. The predicted octanol–water partition coefficient (Wildman–Crippen LogP) is 2.12. The molecule has 2 amide bonds. The normalized spacial score (nSPS) is 9.81. The van der Waals surface area contributed by atoms with Crippen molar-refractivity contribution < 1.29 is 19.1 Å². The number of hydrogen-bond acceptors (Lipinski definition) is 5. The average molecular weight is 365 g/mol. The first kappa shape index (κ1) is 19.7. The number of benzene rings is 2. The highest BCUT2D eigenvalue weighted by Crippen LogP contribution is 2.08. The predicted molar refractivity (Wildman–Crippen MR) is 98.9 cm³/mol. The summed E-state index contributed by atoms with van der Waals surface area (Å²) in [5.41, 5.74) is 2.37. The Morgan fingerprint density at radius 2 is 1.70 bits per heavy atom. The number of likely N-dealkylation sites (N-methyl/N-ethyl adjacent to an activating group) is 1. The lowest BCUT2D eigenvalue weighted by Crippen LogP contribution is -2.37. The molecule has 2 rings (SSSR count). The van der Waals surface area contributed by atoms with Crippen molar-refractivity contribution in [3.63, 3.8) is 0 Å². The number of hydrogen-bond donors (Lipinski definition) is 1. The van der Waals surface area contributed by atoms with Gasteiger partial charge in [-0.3, -0.25) is 9.59 Å². The molecule has 0 aliphatic carbocycles. The second-order valence-electron chi connectivity index (χ2n) is 5.93. The highest BCUT2D eigenvalue weighted by molar-refractivity contribution is 5.95. The van der Waals surface area contributed by atoms with Crippen LogP contribution in [0.15, 0.2) is 48.5 Å². The van der Waals surface area contributed by atoms with E-state index in [0.29, 0.717) is 11.3 Å². The van der Waals surface area contributed by atoms with E-state index in [-0.39, 0.29) is 18.0 Å². The SMILES string of the molecule is Cc1ccc(NC(=O)CN(C)C(=O)COC(=O)c2ccc(C#N)cc2)cc1. The van der Waals surface area contributed by atoms with Crippen molar-refractivity contribution in [1.29, 1.82) is 5.26 Å². The van der Waals surface area contributed by atoms with E-state index in [4.69, 9.17) is 10.00 Å². The first-order valence-electron chi connectivity index (χ1n) is 8.17. The third kappa shape index (κ3) is 5.97. The van der Waals surface area contributed by atoms with Gasteiger partial charge in [0, 0.05) is 12.7 Å². The maximum atomic E-state index is 12.0. The van der Waals surface area contributed by atoms with Gasteiger partial charge < -0.3 is 15.0 Å². The summed E-state index contributed by atoms with van der Waals surface area (Å²) in [5, 5.41) is 11.4. The van der Waals surface area contributed by atoms with Crippen LogP contribution in [0.3, 0.4) is 0 Å². The zero-order chi connectivity index (χ0) is 19.8. The van der Waals surface area contributed by atoms with Gasteiger partial charge in [0.25, 0.3) is 5.91 Å². The molecule has 0 saturated carbocycles. The summed E-state index contributed by atoms with van der Waals surface area (Å²) in [7, 11) is 1.45. The summed E-state index contributed by atoms with van der Waals surface area (Å²) in [5.74, 6) is -1.53. The van der Waals surface area contributed by atoms with Gasteiger partial charge in [0.15, 0.2) is 6.61 Å². The molecule has 0 heterocycles. The van der Waals surface area contributed by atoms with E-state index >= 15 is 0 Å². The Morgan fingerprint density at radius 1 is 1.07 bits per heavy atom. The lowest BCUT2D eigenvalue weighted by Gasteiger charge is -2.17. The van der Waals surface area contributed by atoms with Crippen LogP contribution in [0.1, 0.15) is 21.5 Å². The topological polar surface area (TPSA) is 99.5 Å². The summed E-state index contributed by atoms with van der Waals surface area (Å²) in [4.78, 5) is 37.1. The second-order valence-corrected chi connectivity index (χ2v) is 5.93. The van der Waals surface area contributed by atoms with E-state index in [2.05, 4.69) is 5.32 Å². The molecule has 7 nitrogen and oxygen atoms in total. The molecule has 0 fully saturated rings. The van der Waals surface area contributed by atoms with Gasteiger partial charge in [-0.1, -0.05) is 17.7 Å². The van der Waals surface area contributed by atoms with Crippen molar-refractivity contribution in [2.24, 2.45) is 0 Å². The van der Waals surface area contributed by atoms with Gasteiger partial charge in [-0.15, -0.1) is 0 Å². The number of ether oxygens (including phenoxy) is 1. The van der Waals surface area contributed by atoms with Crippen LogP contribution in [0.5, 0.6) is 0 Å². The lowest BCUT2D eigenvalue weighted by molar-refractivity contribution is -0.136. The van der Waals surface area contributed by atoms with E-state index in [0.717, 1.165) is 5.56 Å². The van der Waals surface area contributed by atoms with Crippen LogP contribution in [0.4, 0.5) is 5.69 Å². The second kappa shape index (κ2) is 9.15. The number of esters is 1. The Labute approximate surface area is 157 Å². The fourth-order valence-electron chi connectivity index (χ4n) is 2.14. The number of amides is 2. The number of anilines is 1. The lowest BCUT2D eigenvalue weighted by atomic mass is 10.1. The van der Waals surface area contributed by atoms with E-state index in [1.807, 2.05) is 25.1 Å². The van der Waals surface area contributed by atoms with Gasteiger partial charge in [-0.2, -0.15) is 5.26 Å². The monoisotopic (exact) mass is 365 g/mol. The van der Waals surface area contributed by atoms with Crippen LogP contribution in [0.2, 0.25) is 0 Å². The fourth-order valence-corrected chi connectivity index (χ4v) is 2.14. The maximum Gasteiger partial charge on any atom is 0.338 e. The summed E-state index contributed by atoms with van der Waals surface area (Å²) in [6.07, 6.45) is 0. The number of carbonyl (C=O) groups excluding carboxylic acids is 3. The van der Waals surface area contributed by atoms with Gasteiger partial charge in [-0.25, -0.2) is 4.79 Å². The standard InChI is InChI=1S/C20H19N3O4/c1-14-3-9-17(10-4-14)22-18(24)12-23(2)19(25)13-27-20(26)16-7-5-15(11-21)6-8-16/h3-10H,12-13H2,1-2H3,(H,22,24). The van der Waals surface area contributed by atoms with Crippen molar-refractivity contribution in [1.82, 2.24) is 4.90 Å². The Bertz CT molecular complexity index is 868. The number of nitriles is 1. The zero-order valence-electron chi connectivity index (χ0n) is 15.1. The molecule has 0 unspecified atom stereocenters. The molecule has 0 aliphatic rings. The summed E-state index contributed by atoms with van der Waals surface area (Å²) in [6, 6.07) is 15.1. The Hall–Kier alpha value is -3.66. The van der Waals surface area contributed by atoms with Gasteiger partial charge in [0.2, 0.25) is 5.91 Å². The third-order valence-electron chi connectivity index (χ3n) is 3.72. The van der Waals surface area contributed by atoms with Crippen molar-refractivity contribution in [2.45, 2.75) is 6.92 Å². The summed E-state index contributed by atoms with van der Waals surface area (Å²) >= 11 is 0. The molecule has 2 aromatic rings. The number of rotatable bonds is 6. The fraction of sp³-hybridized carbons (Fsp3) is 0.200. The first-order valence-corrected chi connectivity index (χ1v) is 8.17. The highest BCUT2D eigenvalue weighted by atomic mass is 16.5. The van der Waals surface area contributed by atoms with Crippen LogP contribution < -0.4 is 5.32 Å². The van der Waals surface area contributed by atoms with E-state index in [1.54, 1.807) is 12.1 Å². The first-order chi connectivity index (χ1) is 12.9.